The number of hydrogen-bond donors (Lipinski definition) is 0. The molecule has 1 aromatic heterocycles. The van der Waals surface area contributed by atoms with Crippen molar-refractivity contribution in [2.24, 2.45) is 0 Å². The van der Waals surface area contributed by atoms with E-state index in [0.29, 0.717) is 5.15 Å². The third-order valence-corrected chi connectivity index (χ3v) is 5.55. The van der Waals surface area contributed by atoms with Crippen molar-refractivity contribution in [3.05, 3.63) is 20.2 Å². The summed E-state index contributed by atoms with van der Waals surface area (Å²) in [5.74, 6) is 0.781. The lowest BCUT2D eigenvalue weighted by molar-refractivity contribution is -0.0516. The summed E-state index contributed by atoms with van der Waals surface area (Å²) in [6.45, 7) is 2.15. The Morgan fingerprint density at radius 1 is 1.26 bits per heavy atom. The summed E-state index contributed by atoms with van der Waals surface area (Å²) < 4.78 is 6.79. The highest BCUT2D eigenvalue weighted by molar-refractivity contribution is 14.1. The zero-order valence-electron chi connectivity index (χ0n) is 11.5. The van der Waals surface area contributed by atoms with E-state index in [-0.39, 0.29) is 5.60 Å². The highest BCUT2D eigenvalue weighted by Crippen LogP contribution is 2.39. The van der Waals surface area contributed by atoms with Crippen LogP contribution in [0.25, 0.3) is 0 Å². The second-order valence-electron chi connectivity index (χ2n) is 5.11. The molecular formula is C14H20ClIN2O. The van der Waals surface area contributed by atoms with E-state index >= 15 is 0 Å². The molecule has 5 heteroatoms. The van der Waals surface area contributed by atoms with E-state index in [1.165, 1.54) is 19.3 Å². The smallest absolute Gasteiger partial charge is 0.162 e. The molecule has 0 spiro atoms. The van der Waals surface area contributed by atoms with E-state index in [9.17, 15) is 0 Å². The van der Waals surface area contributed by atoms with Crippen LogP contribution in [0.3, 0.4) is 0 Å². The lowest BCUT2D eigenvalue weighted by atomic mass is 9.84. The molecule has 0 unspecified atom stereocenters. The summed E-state index contributed by atoms with van der Waals surface area (Å²) >= 11 is 8.51. The molecule has 0 atom stereocenters. The molecule has 19 heavy (non-hydrogen) atoms. The van der Waals surface area contributed by atoms with E-state index in [4.69, 9.17) is 21.3 Å². The average molecular weight is 395 g/mol. The van der Waals surface area contributed by atoms with Gasteiger partial charge in [-0.15, -0.1) is 0 Å². The van der Waals surface area contributed by atoms with Crippen molar-refractivity contribution in [1.29, 1.82) is 0 Å². The molecule has 106 valence electrons. The molecule has 1 heterocycles. The molecule has 1 aliphatic carbocycles. The molecule has 0 aromatic carbocycles. The minimum absolute atomic E-state index is 0.325. The number of rotatable bonds is 4. The maximum absolute atomic E-state index is 6.28. The molecule has 3 nitrogen and oxygen atoms in total. The summed E-state index contributed by atoms with van der Waals surface area (Å²) in [5.41, 5.74) is 0.731. The molecule has 0 aliphatic heterocycles. The van der Waals surface area contributed by atoms with Crippen molar-refractivity contribution in [2.45, 2.75) is 57.5 Å². The van der Waals surface area contributed by atoms with Gasteiger partial charge in [-0.05, 0) is 41.9 Å². The molecule has 2 rings (SSSR count). The summed E-state index contributed by atoms with van der Waals surface area (Å²) in [7, 11) is 1.76. The van der Waals surface area contributed by atoms with Crippen LogP contribution in [0.15, 0.2) is 0 Å². The molecule has 1 fully saturated rings. The Labute approximate surface area is 133 Å². The minimum atomic E-state index is -0.325. The van der Waals surface area contributed by atoms with Gasteiger partial charge in [0.15, 0.2) is 5.82 Å². The van der Waals surface area contributed by atoms with Crippen molar-refractivity contribution in [3.8, 4) is 0 Å². The second-order valence-corrected chi connectivity index (χ2v) is 6.54. The third kappa shape index (κ3) is 3.22. The van der Waals surface area contributed by atoms with Gasteiger partial charge in [-0.3, -0.25) is 0 Å². The van der Waals surface area contributed by atoms with Gasteiger partial charge in [0, 0.05) is 7.11 Å². The van der Waals surface area contributed by atoms with Crippen LogP contribution in [0.4, 0.5) is 0 Å². The van der Waals surface area contributed by atoms with Crippen molar-refractivity contribution in [1.82, 2.24) is 9.97 Å². The number of hydrogen-bond acceptors (Lipinski definition) is 3. The molecule has 0 radical (unpaired) electrons. The Morgan fingerprint density at radius 3 is 2.53 bits per heavy atom. The Hall–Kier alpha value is 0.0600. The summed E-state index contributed by atoms with van der Waals surface area (Å²) in [6, 6.07) is 0. The predicted molar refractivity (Wildman–Crippen MR) is 85.5 cm³/mol. The lowest BCUT2D eigenvalue weighted by Crippen LogP contribution is -2.34. The zero-order valence-corrected chi connectivity index (χ0v) is 14.4. The second kappa shape index (κ2) is 6.68. The Morgan fingerprint density at radius 2 is 1.95 bits per heavy atom. The Kier molecular flexibility index (Phi) is 5.43. The van der Waals surface area contributed by atoms with Crippen LogP contribution < -0.4 is 0 Å². The topological polar surface area (TPSA) is 35.0 Å². The number of nitrogens with zero attached hydrogens (tertiary/aromatic N) is 2. The van der Waals surface area contributed by atoms with Crippen molar-refractivity contribution in [3.63, 3.8) is 0 Å². The average Bonchev–Trinajstić information content (AvgIpc) is 2.44. The summed E-state index contributed by atoms with van der Waals surface area (Å²) in [5, 5.41) is 0.566. The van der Waals surface area contributed by atoms with Crippen molar-refractivity contribution < 1.29 is 4.74 Å². The number of halogens is 2. The van der Waals surface area contributed by atoms with E-state index in [2.05, 4.69) is 34.5 Å². The predicted octanol–water partition coefficient (Wildman–Crippen LogP) is 4.49. The molecule has 0 saturated heterocycles. The van der Waals surface area contributed by atoms with Gasteiger partial charge in [0.05, 0.1) is 9.26 Å². The monoisotopic (exact) mass is 394 g/mol. The van der Waals surface area contributed by atoms with Gasteiger partial charge in [0.1, 0.15) is 10.8 Å². The van der Waals surface area contributed by atoms with E-state index in [0.717, 1.165) is 40.8 Å². The van der Waals surface area contributed by atoms with Crippen LogP contribution in [0.5, 0.6) is 0 Å². The maximum atomic E-state index is 6.28. The molecule has 1 aromatic rings. The van der Waals surface area contributed by atoms with Crippen LogP contribution in [-0.4, -0.2) is 17.1 Å². The first-order valence-electron chi connectivity index (χ1n) is 6.90. The normalized spacial score (nSPS) is 18.5. The number of aromatic nitrogens is 2. The highest BCUT2D eigenvalue weighted by Gasteiger charge is 2.37. The van der Waals surface area contributed by atoms with Gasteiger partial charge in [0.25, 0.3) is 0 Å². The highest BCUT2D eigenvalue weighted by atomic mass is 127. The lowest BCUT2D eigenvalue weighted by Gasteiger charge is -2.34. The van der Waals surface area contributed by atoms with E-state index < -0.39 is 0 Å². The van der Waals surface area contributed by atoms with Crippen LogP contribution in [0.2, 0.25) is 5.15 Å². The van der Waals surface area contributed by atoms with Crippen LogP contribution in [-0.2, 0) is 16.8 Å². The fourth-order valence-corrected chi connectivity index (χ4v) is 3.41. The van der Waals surface area contributed by atoms with Crippen LogP contribution in [0.1, 0.15) is 57.0 Å². The Balaban J connectivity index is 2.42. The standard InChI is InChI=1S/C14H20ClIN2O/c1-3-7-10-11(16)12(15)18-13(17-10)14(19-2)8-5-4-6-9-14/h3-9H2,1-2H3. The molecule has 0 amide bonds. The number of ether oxygens (including phenoxy) is 1. The van der Waals surface area contributed by atoms with Gasteiger partial charge < -0.3 is 4.74 Å². The molecular weight excluding hydrogens is 375 g/mol. The zero-order chi connectivity index (χ0) is 13.9. The summed E-state index contributed by atoms with van der Waals surface area (Å²) in [4.78, 5) is 9.27. The van der Waals surface area contributed by atoms with Gasteiger partial charge in [-0.2, -0.15) is 0 Å². The quantitative estimate of drug-likeness (QED) is 0.557. The molecule has 0 N–H and O–H groups in total. The van der Waals surface area contributed by atoms with Crippen LogP contribution >= 0.6 is 34.2 Å². The summed E-state index contributed by atoms with van der Waals surface area (Å²) in [6.07, 6.45) is 7.59. The van der Waals surface area contributed by atoms with E-state index in [1.807, 2.05) is 0 Å². The van der Waals surface area contributed by atoms with Crippen LogP contribution in [0, 0.1) is 3.57 Å². The van der Waals surface area contributed by atoms with Gasteiger partial charge >= 0.3 is 0 Å². The van der Waals surface area contributed by atoms with Crippen molar-refractivity contribution >= 4 is 34.2 Å². The first kappa shape index (κ1) is 15.4. The number of aryl methyl sites for hydroxylation is 1. The first-order valence-corrected chi connectivity index (χ1v) is 8.36. The van der Waals surface area contributed by atoms with E-state index in [1.54, 1.807) is 7.11 Å². The Bertz CT molecular complexity index is 447. The third-order valence-electron chi connectivity index (χ3n) is 3.83. The van der Waals surface area contributed by atoms with Crippen molar-refractivity contribution in [2.75, 3.05) is 7.11 Å². The minimum Gasteiger partial charge on any atom is -0.370 e. The first-order chi connectivity index (χ1) is 9.13. The fraction of sp³-hybridized carbons (Fsp3) is 0.714. The van der Waals surface area contributed by atoms with Gasteiger partial charge in [-0.25, -0.2) is 9.97 Å². The van der Waals surface area contributed by atoms with Gasteiger partial charge in [-0.1, -0.05) is 44.2 Å². The van der Waals surface area contributed by atoms with Gasteiger partial charge in [0.2, 0.25) is 0 Å². The molecule has 1 aliphatic rings. The molecule has 0 bridgehead atoms. The largest absolute Gasteiger partial charge is 0.370 e. The SMILES string of the molecule is CCCc1nc(C2(OC)CCCCC2)nc(Cl)c1I. The fourth-order valence-electron chi connectivity index (χ4n) is 2.71. The number of methoxy groups -OCH3 is 1. The maximum Gasteiger partial charge on any atom is 0.162 e. The molecule has 1 saturated carbocycles.